The Labute approximate surface area is 123 Å². The summed E-state index contributed by atoms with van der Waals surface area (Å²) in [6, 6.07) is 8.62. The Morgan fingerprint density at radius 3 is 2.80 bits per heavy atom. The van der Waals surface area contributed by atoms with Crippen LogP contribution in [0.2, 0.25) is 0 Å². The van der Waals surface area contributed by atoms with E-state index in [1.807, 2.05) is 6.07 Å². The minimum Gasteiger partial charge on any atom is -0.497 e. The van der Waals surface area contributed by atoms with Gasteiger partial charge in [0.2, 0.25) is 0 Å². The lowest BCUT2D eigenvalue weighted by molar-refractivity contribution is 0.346. The van der Waals surface area contributed by atoms with Crippen molar-refractivity contribution in [3.05, 3.63) is 42.0 Å². The zero-order valence-electron chi connectivity index (χ0n) is 13.1. The van der Waals surface area contributed by atoms with E-state index in [1.54, 1.807) is 7.11 Å². The minimum atomic E-state index is 0.211. The average molecular weight is 273 g/mol. The monoisotopic (exact) mass is 273 g/mol. The molecule has 0 amide bonds. The molecule has 2 rings (SSSR count). The fourth-order valence-corrected chi connectivity index (χ4v) is 3.16. The van der Waals surface area contributed by atoms with E-state index in [-0.39, 0.29) is 5.41 Å². The highest BCUT2D eigenvalue weighted by Gasteiger charge is 2.30. The van der Waals surface area contributed by atoms with E-state index >= 15 is 0 Å². The predicted molar refractivity (Wildman–Crippen MR) is 85.5 cm³/mol. The van der Waals surface area contributed by atoms with Gasteiger partial charge in [-0.1, -0.05) is 24.3 Å². The molecule has 1 aromatic carbocycles. The molecule has 0 fully saturated rings. The van der Waals surface area contributed by atoms with Crippen LogP contribution >= 0.6 is 0 Å². The Kier molecular flexibility index (Phi) is 5.24. The van der Waals surface area contributed by atoms with Crippen molar-refractivity contribution in [2.75, 3.05) is 27.7 Å². The van der Waals surface area contributed by atoms with Crippen LogP contribution in [-0.2, 0) is 5.41 Å². The van der Waals surface area contributed by atoms with Crippen LogP contribution in [0.4, 0.5) is 0 Å². The van der Waals surface area contributed by atoms with Crippen molar-refractivity contribution >= 4 is 0 Å². The van der Waals surface area contributed by atoms with Gasteiger partial charge in [-0.05, 0) is 70.4 Å². The maximum Gasteiger partial charge on any atom is 0.119 e. The number of nitrogens with zero attached hydrogens (tertiary/aromatic N) is 1. The molecule has 0 spiro atoms. The van der Waals surface area contributed by atoms with Crippen molar-refractivity contribution in [2.45, 2.75) is 37.5 Å². The summed E-state index contributed by atoms with van der Waals surface area (Å²) >= 11 is 0. The van der Waals surface area contributed by atoms with E-state index in [0.717, 1.165) is 12.3 Å². The molecular weight excluding hydrogens is 246 g/mol. The molecule has 2 heteroatoms. The molecule has 20 heavy (non-hydrogen) atoms. The molecular formula is C18H27NO. The average Bonchev–Trinajstić information content (AvgIpc) is 2.48. The zero-order valence-corrected chi connectivity index (χ0v) is 13.1. The molecule has 1 aliphatic rings. The highest BCUT2D eigenvalue weighted by molar-refractivity contribution is 5.38. The third-order valence-electron chi connectivity index (χ3n) is 4.30. The van der Waals surface area contributed by atoms with Crippen LogP contribution in [0.15, 0.2) is 36.4 Å². The Morgan fingerprint density at radius 1 is 1.30 bits per heavy atom. The van der Waals surface area contributed by atoms with Crippen LogP contribution in [0.3, 0.4) is 0 Å². The quantitative estimate of drug-likeness (QED) is 0.726. The molecule has 1 atom stereocenters. The normalized spacial score (nSPS) is 22.2. The van der Waals surface area contributed by atoms with Gasteiger partial charge >= 0.3 is 0 Å². The molecule has 0 saturated carbocycles. The third-order valence-corrected chi connectivity index (χ3v) is 4.30. The molecule has 0 radical (unpaired) electrons. The smallest absolute Gasteiger partial charge is 0.119 e. The molecule has 1 aliphatic carbocycles. The summed E-state index contributed by atoms with van der Waals surface area (Å²) in [5, 5.41) is 0. The molecule has 0 bridgehead atoms. The summed E-state index contributed by atoms with van der Waals surface area (Å²) in [4.78, 5) is 2.27. The van der Waals surface area contributed by atoms with Gasteiger partial charge in [0.05, 0.1) is 7.11 Å². The van der Waals surface area contributed by atoms with Crippen LogP contribution in [-0.4, -0.2) is 32.6 Å². The van der Waals surface area contributed by atoms with Crippen molar-refractivity contribution in [3.63, 3.8) is 0 Å². The number of rotatable bonds is 6. The summed E-state index contributed by atoms with van der Waals surface area (Å²) in [6.45, 7) is 1.15. The standard InChI is InChI=1S/C18H27NO/c1-19(2)14-8-13-18(11-5-4-6-12-18)16-9-7-10-17(15-16)20-3/h5,7,9-11,15H,4,6,8,12-14H2,1-3H3. The van der Waals surface area contributed by atoms with Crippen LogP contribution in [0.1, 0.15) is 37.7 Å². The molecule has 2 nitrogen and oxygen atoms in total. The first-order valence-corrected chi connectivity index (χ1v) is 7.63. The fraction of sp³-hybridized carbons (Fsp3) is 0.556. The zero-order chi connectivity index (χ0) is 14.4. The number of hydrogen-bond donors (Lipinski definition) is 0. The largest absolute Gasteiger partial charge is 0.497 e. The lowest BCUT2D eigenvalue weighted by Gasteiger charge is -2.34. The minimum absolute atomic E-state index is 0.211. The van der Waals surface area contributed by atoms with Crippen molar-refractivity contribution in [2.24, 2.45) is 0 Å². The van der Waals surface area contributed by atoms with Gasteiger partial charge in [-0.15, -0.1) is 0 Å². The first kappa shape index (κ1) is 15.1. The molecule has 1 aromatic rings. The Morgan fingerprint density at radius 2 is 2.15 bits per heavy atom. The van der Waals surface area contributed by atoms with Crippen molar-refractivity contribution in [1.82, 2.24) is 4.90 Å². The number of ether oxygens (including phenoxy) is 1. The van der Waals surface area contributed by atoms with Gasteiger partial charge in [-0.25, -0.2) is 0 Å². The van der Waals surface area contributed by atoms with Crippen LogP contribution in [0.25, 0.3) is 0 Å². The van der Waals surface area contributed by atoms with Gasteiger partial charge in [0.1, 0.15) is 5.75 Å². The van der Waals surface area contributed by atoms with Gasteiger partial charge in [-0.2, -0.15) is 0 Å². The molecule has 0 aliphatic heterocycles. The first-order chi connectivity index (χ1) is 9.66. The Balaban J connectivity index is 2.21. The van der Waals surface area contributed by atoms with E-state index in [1.165, 1.54) is 37.7 Å². The van der Waals surface area contributed by atoms with Crippen LogP contribution in [0.5, 0.6) is 5.75 Å². The van der Waals surface area contributed by atoms with Gasteiger partial charge in [0.25, 0.3) is 0 Å². The Bertz CT molecular complexity index is 452. The summed E-state index contributed by atoms with van der Waals surface area (Å²) in [6.07, 6.45) is 11.0. The van der Waals surface area contributed by atoms with Gasteiger partial charge < -0.3 is 9.64 Å². The van der Waals surface area contributed by atoms with Crippen molar-refractivity contribution in [1.29, 1.82) is 0 Å². The fourth-order valence-electron chi connectivity index (χ4n) is 3.16. The van der Waals surface area contributed by atoms with E-state index in [2.05, 4.69) is 49.3 Å². The van der Waals surface area contributed by atoms with E-state index < -0.39 is 0 Å². The second-order valence-corrected chi connectivity index (χ2v) is 6.09. The predicted octanol–water partition coefficient (Wildman–Crippen LogP) is 4.01. The summed E-state index contributed by atoms with van der Waals surface area (Å²) in [5.74, 6) is 0.966. The lowest BCUT2D eigenvalue weighted by Crippen LogP contribution is -2.27. The van der Waals surface area contributed by atoms with Gasteiger partial charge in [0, 0.05) is 5.41 Å². The maximum absolute atomic E-state index is 5.40. The second-order valence-electron chi connectivity index (χ2n) is 6.09. The summed E-state index contributed by atoms with van der Waals surface area (Å²) < 4.78 is 5.40. The van der Waals surface area contributed by atoms with E-state index in [9.17, 15) is 0 Å². The number of hydrogen-bond acceptors (Lipinski definition) is 2. The van der Waals surface area contributed by atoms with Crippen molar-refractivity contribution < 1.29 is 4.74 Å². The summed E-state index contributed by atoms with van der Waals surface area (Å²) in [7, 11) is 6.04. The van der Waals surface area contributed by atoms with Crippen molar-refractivity contribution in [3.8, 4) is 5.75 Å². The SMILES string of the molecule is COc1cccc(C2(CCCN(C)C)C=CCCC2)c1. The molecule has 110 valence electrons. The number of benzene rings is 1. The number of allylic oxidation sites excluding steroid dienone is 2. The van der Waals surface area contributed by atoms with Gasteiger partial charge in [-0.3, -0.25) is 0 Å². The Hall–Kier alpha value is -1.28. The highest BCUT2D eigenvalue weighted by Crippen LogP contribution is 2.40. The summed E-state index contributed by atoms with van der Waals surface area (Å²) in [5.41, 5.74) is 1.62. The van der Waals surface area contributed by atoms with E-state index in [0.29, 0.717) is 0 Å². The maximum atomic E-state index is 5.40. The molecule has 0 heterocycles. The first-order valence-electron chi connectivity index (χ1n) is 7.63. The second kappa shape index (κ2) is 6.94. The van der Waals surface area contributed by atoms with E-state index in [4.69, 9.17) is 4.74 Å². The topological polar surface area (TPSA) is 12.5 Å². The highest BCUT2D eigenvalue weighted by atomic mass is 16.5. The molecule has 0 N–H and O–H groups in total. The van der Waals surface area contributed by atoms with Crippen LogP contribution in [0, 0.1) is 0 Å². The third kappa shape index (κ3) is 3.63. The number of methoxy groups -OCH3 is 1. The van der Waals surface area contributed by atoms with Crippen LogP contribution < -0.4 is 4.74 Å². The molecule has 0 saturated heterocycles. The molecule has 1 unspecified atom stereocenters. The lowest BCUT2D eigenvalue weighted by atomic mass is 9.70. The molecule has 0 aromatic heterocycles. The van der Waals surface area contributed by atoms with Gasteiger partial charge in [0.15, 0.2) is 0 Å².